The number of aromatic hydroxyl groups is 1. The Bertz CT molecular complexity index is 937. The molecule has 1 atom stereocenters. The van der Waals surface area contributed by atoms with Gasteiger partial charge in [0.2, 0.25) is 0 Å². The van der Waals surface area contributed by atoms with E-state index in [0.717, 1.165) is 4.47 Å². The molecule has 31 heavy (non-hydrogen) atoms. The smallest absolute Gasteiger partial charge is 0.412 e. The van der Waals surface area contributed by atoms with E-state index in [1.54, 1.807) is 36.4 Å². The van der Waals surface area contributed by atoms with Crippen LogP contribution in [0.15, 0.2) is 49.8 Å². The number of nitrogens with one attached hydrogen (secondary N) is 1. The summed E-state index contributed by atoms with van der Waals surface area (Å²) < 4.78 is 13.0. The number of ether oxygens (including phenoxy) is 2. The van der Waals surface area contributed by atoms with Crippen molar-refractivity contribution < 1.29 is 24.2 Å². The maximum absolute atomic E-state index is 12.7. The first kappa shape index (κ1) is 26.0. The third-order valence-electron chi connectivity index (χ3n) is 4.50. The number of thiol groups is 1. The summed E-state index contributed by atoms with van der Waals surface area (Å²) >= 11 is 14.0. The lowest BCUT2D eigenvalue weighted by Gasteiger charge is -2.34. The molecule has 0 bridgehead atoms. The number of hydrogen-bond acceptors (Lipinski definition) is 6. The number of amides is 1. The molecule has 0 unspecified atom stereocenters. The molecule has 0 aliphatic rings. The van der Waals surface area contributed by atoms with Crippen LogP contribution in [0.1, 0.15) is 31.9 Å². The van der Waals surface area contributed by atoms with Gasteiger partial charge in [0.05, 0.1) is 16.8 Å². The van der Waals surface area contributed by atoms with Crippen LogP contribution in [0.5, 0.6) is 5.75 Å². The van der Waals surface area contributed by atoms with Crippen molar-refractivity contribution in [3.63, 3.8) is 0 Å². The number of benzene rings is 2. The third-order valence-corrected chi connectivity index (χ3v) is 6.35. The minimum atomic E-state index is -0.841. The first-order valence-electron chi connectivity index (χ1n) is 9.21. The summed E-state index contributed by atoms with van der Waals surface area (Å²) in [5, 5.41) is 13.4. The Morgan fingerprint density at radius 1 is 1.13 bits per heavy atom. The number of carbonyl (C=O) groups excluding carboxylic acids is 2. The molecule has 1 amide bonds. The van der Waals surface area contributed by atoms with Crippen LogP contribution in [0, 0.1) is 5.41 Å². The molecule has 2 N–H and O–H groups in total. The highest BCUT2D eigenvalue weighted by atomic mass is 79.9. The van der Waals surface area contributed by atoms with Gasteiger partial charge in [-0.25, -0.2) is 4.79 Å². The molecular weight excluding hydrogens is 618 g/mol. The van der Waals surface area contributed by atoms with Crippen LogP contribution < -0.4 is 5.32 Å². The first-order chi connectivity index (χ1) is 14.5. The van der Waals surface area contributed by atoms with Gasteiger partial charge in [-0.1, -0.05) is 45.7 Å². The molecule has 0 heterocycles. The molecule has 0 saturated carbocycles. The lowest BCUT2D eigenvalue weighted by molar-refractivity contribution is -0.141. The Morgan fingerprint density at radius 3 is 2.39 bits per heavy atom. The molecule has 0 aliphatic heterocycles. The maximum Gasteiger partial charge on any atom is 0.412 e. The van der Waals surface area contributed by atoms with Crippen molar-refractivity contribution in [2.24, 2.45) is 5.41 Å². The number of anilines is 1. The van der Waals surface area contributed by atoms with Crippen molar-refractivity contribution in [2.45, 2.75) is 26.4 Å². The summed E-state index contributed by atoms with van der Waals surface area (Å²) in [6.07, 6.45) is -1.14. The van der Waals surface area contributed by atoms with Crippen LogP contribution in [0.25, 0.3) is 0 Å². The van der Waals surface area contributed by atoms with Crippen LogP contribution >= 0.6 is 60.4 Å². The normalized spacial score (nSPS) is 12.2. The van der Waals surface area contributed by atoms with Gasteiger partial charge in [0.1, 0.15) is 11.9 Å². The summed E-state index contributed by atoms with van der Waals surface area (Å²) in [7, 11) is 0. The van der Waals surface area contributed by atoms with Crippen LogP contribution in [0.4, 0.5) is 10.5 Å². The van der Waals surface area contributed by atoms with Crippen LogP contribution in [-0.2, 0) is 14.3 Å². The van der Waals surface area contributed by atoms with Crippen molar-refractivity contribution in [2.75, 3.05) is 17.7 Å². The third kappa shape index (κ3) is 7.69. The molecule has 2 aromatic rings. The summed E-state index contributed by atoms with van der Waals surface area (Å²) in [6.45, 7) is 3.86. The maximum atomic E-state index is 12.7. The zero-order chi connectivity index (χ0) is 23.2. The number of phenols is 1. The zero-order valence-corrected chi connectivity index (χ0v) is 22.5. The molecule has 0 spiro atoms. The lowest BCUT2D eigenvalue weighted by Crippen LogP contribution is -2.30. The first-order valence-corrected chi connectivity index (χ1v) is 12.2. The molecule has 2 rings (SSSR count). The highest BCUT2D eigenvalue weighted by Gasteiger charge is 2.37. The van der Waals surface area contributed by atoms with E-state index in [2.05, 4.69) is 65.7 Å². The Balaban J connectivity index is 2.30. The standard InChI is InChI=1S/C21H22Br3NO5S/c1-21(2,7-8-29-17(26)11-31)19(15-9-13(23)10-16(24)18(15)27)30-20(28)25-14-5-3-12(22)4-6-14/h3-6,9-10,19,27,31H,7-8,11H2,1-2H3,(H,25,28)/t19-/m1/s1. The predicted molar refractivity (Wildman–Crippen MR) is 134 cm³/mol. The van der Waals surface area contributed by atoms with Gasteiger partial charge in [0.15, 0.2) is 0 Å². The van der Waals surface area contributed by atoms with Crippen LogP contribution in [0.3, 0.4) is 0 Å². The van der Waals surface area contributed by atoms with E-state index in [-0.39, 0.29) is 18.1 Å². The van der Waals surface area contributed by atoms with Gasteiger partial charge in [0, 0.05) is 25.6 Å². The van der Waals surface area contributed by atoms with E-state index in [4.69, 9.17) is 9.47 Å². The van der Waals surface area contributed by atoms with Crippen molar-refractivity contribution >= 4 is 78.2 Å². The Hall–Kier alpha value is -1.23. The molecule has 0 fully saturated rings. The largest absolute Gasteiger partial charge is 0.506 e. The number of esters is 1. The molecular formula is C21H22Br3NO5S. The monoisotopic (exact) mass is 637 g/mol. The highest BCUT2D eigenvalue weighted by molar-refractivity contribution is 9.11. The van der Waals surface area contributed by atoms with Gasteiger partial charge in [-0.15, -0.1) is 0 Å². The number of phenolic OH excluding ortho intramolecular Hbond substituents is 1. The second-order valence-electron chi connectivity index (χ2n) is 7.36. The van der Waals surface area contributed by atoms with Gasteiger partial charge >= 0.3 is 12.1 Å². The Labute approximate surface area is 211 Å². The Kier molecular flexibility index (Phi) is 9.72. The van der Waals surface area contributed by atoms with E-state index in [1.807, 2.05) is 13.8 Å². The van der Waals surface area contributed by atoms with E-state index >= 15 is 0 Å². The van der Waals surface area contributed by atoms with Crippen LogP contribution in [-0.4, -0.2) is 29.5 Å². The molecule has 6 nitrogen and oxygen atoms in total. The number of hydrogen-bond donors (Lipinski definition) is 3. The fourth-order valence-corrected chi connectivity index (χ4v) is 4.44. The van der Waals surface area contributed by atoms with Gasteiger partial charge < -0.3 is 14.6 Å². The topological polar surface area (TPSA) is 84.9 Å². The Morgan fingerprint density at radius 2 is 1.77 bits per heavy atom. The summed E-state index contributed by atoms with van der Waals surface area (Å²) in [6, 6.07) is 10.4. The van der Waals surface area contributed by atoms with Crippen LogP contribution in [0.2, 0.25) is 0 Å². The molecule has 0 saturated heterocycles. The molecule has 0 aliphatic carbocycles. The average Bonchev–Trinajstić information content (AvgIpc) is 2.70. The van der Waals surface area contributed by atoms with E-state index < -0.39 is 23.6 Å². The van der Waals surface area contributed by atoms with Gasteiger partial charge in [-0.2, -0.15) is 12.6 Å². The molecule has 2 aromatic carbocycles. The van der Waals surface area contributed by atoms with E-state index in [0.29, 0.717) is 26.6 Å². The lowest BCUT2D eigenvalue weighted by atomic mass is 9.79. The highest BCUT2D eigenvalue weighted by Crippen LogP contribution is 2.46. The van der Waals surface area contributed by atoms with E-state index in [9.17, 15) is 14.7 Å². The van der Waals surface area contributed by atoms with Crippen molar-refractivity contribution in [3.05, 3.63) is 55.4 Å². The molecule has 10 heteroatoms. The summed E-state index contributed by atoms with van der Waals surface area (Å²) in [5.74, 6) is -0.488. The quantitative estimate of drug-likeness (QED) is 0.217. The number of rotatable bonds is 8. The zero-order valence-electron chi connectivity index (χ0n) is 16.8. The SMILES string of the molecule is CC(C)(CCOC(=O)CS)[C@H](OC(=O)Nc1ccc(Br)cc1)c1cc(Br)cc(Br)c1O. The van der Waals surface area contributed by atoms with Crippen molar-refractivity contribution in [1.82, 2.24) is 0 Å². The number of carbonyl (C=O) groups is 2. The average molecular weight is 640 g/mol. The fraction of sp³-hybridized carbons (Fsp3) is 0.333. The fourth-order valence-electron chi connectivity index (χ4n) is 2.82. The van der Waals surface area contributed by atoms with Gasteiger partial charge in [0.25, 0.3) is 0 Å². The molecule has 168 valence electrons. The minimum absolute atomic E-state index is 0.0185. The molecule has 0 aromatic heterocycles. The molecule has 0 radical (unpaired) electrons. The second-order valence-corrected chi connectivity index (χ2v) is 10.4. The second kappa shape index (κ2) is 11.6. The summed E-state index contributed by atoms with van der Waals surface area (Å²) in [4.78, 5) is 24.1. The van der Waals surface area contributed by atoms with Gasteiger partial charge in [-0.05, 0) is 58.7 Å². The van der Waals surface area contributed by atoms with Crippen molar-refractivity contribution in [1.29, 1.82) is 0 Å². The summed E-state index contributed by atoms with van der Waals surface area (Å²) in [5.41, 5.74) is 0.288. The van der Waals surface area contributed by atoms with Gasteiger partial charge in [-0.3, -0.25) is 10.1 Å². The van der Waals surface area contributed by atoms with E-state index in [1.165, 1.54) is 0 Å². The van der Waals surface area contributed by atoms with Crippen molar-refractivity contribution in [3.8, 4) is 5.75 Å². The number of halogens is 3. The predicted octanol–water partition coefficient (Wildman–Crippen LogP) is 6.86. The minimum Gasteiger partial charge on any atom is -0.506 e.